The van der Waals surface area contributed by atoms with Crippen LogP contribution in [-0.2, 0) is 7.05 Å². The van der Waals surface area contributed by atoms with Crippen LogP contribution < -0.4 is 4.90 Å². The fourth-order valence-corrected chi connectivity index (χ4v) is 2.83. The number of benzene rings is 1. The molecule has 0 saturated carbocycles. The van der Waals surface area contributed by atoms with Crippen LogP contribution in [0.4, 0.5) is 11.5 Å². The summed E-state index contributed by atoms with van der Waals surface area (Å²) in [6, 6.07) is 8.06. The SMILES string of the molecule is CN(c1ccc2nsnc2c1)c1cc2c(cn1)ncn2C. The Morgan fingerprint density at radius 2 is 1.90 bits per heavy atom. The molecule has 21 heavy (non-hydrogen) atoms. The van der Waals surface area contributed by atoms with Crippen molar-refractivity contribution in [2.75, 3.05) is 11.9 Å². The molecule has 4 rings (SSSR count). The summed E-state index contributed by atoms with van der Waals surface area (Å²) in [6.07, 6.45) is 3.59. The predicted octanol–water partition coefficient (Wildman–Crippen LogP) is 2.74. The highest BCUT2D eigenvalue weighted by Crippen LogP contribution is 2.26. The molecule has 0 spiro atoms. The summed E-state index contributed by atoms with van der Waals surface area (Å²) in [7, 11) is 3.97. The van der Waals surface area contributed by atoms with Crippen LogP contribution in [0.3, 0.4) is 0 Å². The topological polar surface area (TPSA) is 59.7 Å². The fourth-order valence-electron chi connectivity index (χ4n) is 2.31. The molecule has 0 aliphatic heterocycles. The van der Waals surface area contributed by atoms with E-state index in [1.54, 1.807) is 12.5 Å². The molecular weight excluding hydrogens is 284 g/mol. The van der Waals surface area contributed by atoms with Crippen molar-refractivity contribution in [1.82, 2.24) is 23.3 Å². The number of aromatic nitrogens is 5. The molecule has 0 fully saturated rings. The van der Waals surface area contributed by atoms with Crippen molar-refractivity contribution >= 4 is 45.3 Å². The summed E-state index contributed by atoms with van der Waals surface area (Å²) >= 11 is 1.23. The molecule has 3 heterocycles. The lowest BCUT2D eigenvalue weighted by atomic mass is 10.2. The van der Waals surface area contributed by atoms with E-state index in [1.807, 2.05) is 47.8 Å². The van der Waals surface area contributed by atoms with Gasteiger partial charge in [-0.25, -0.2) is 9.97 Å². The summed E-state index contributed by atoms with van der Waals surface area (Å²) in [5.41, 5.74) is 4.82. The second-order valence-electron chi connectivity index (χ2n) is 4.88. The zero-order valence-electron chi connectivity index (χ0n) is 11.6. The molecule has 104 valence electrons. The highest BCUT2D eigenvalue weighted by atomic mass is 32.1. The second-order valence-corrected chi connectivity index (χ2v) is 5.41. The summed E-state index contributed by atoms with van der Waals surface area (Å²) in [6.45, 7) is 0. The minimum absolute atomic E-state index is 0.869. The van der Waals surface area contributed by atoms with Gasteiger partial charge in [-0.2, -0.15) is 8.75 Å². The molecule has 0 unspecified atom stereocenters. The first-order valence-electron chi connectivity index (χ1n) is 6.45. The number of nitrogens with zero attached hydrogens (tertiary/aromatic N) is 6. The van der Waals surface area contributed by atoms with Crippen LogP contribution in [0, 0.1) is 0 Å². The largest absolute Gasteiger partial charge is 0.334 e. The smallest absolute Gasteiger partial charge is 0.134 e. The molecule has 7 heteroatoms. The molecule has 6 nitrogen and oxygen atoms in total. The van der Waals surface area contributed by atoms with Crippen molar-refractivity contribution in [2.45, 2.75) is 0 Å². The zero-order valence-corrected chi connectivity index (χ0v) is 12.4. The molecule has 0 amide bonds. The van der Waals surface area contributed by atoms with Crippen LogP contribution in [0.15, 0.2) is 36.8 Å². The van der Waals surface area contributed by atoms with Gasteiger partial charge in [0.05, 0.1) is 29.8 Å². The van der Waals surface area contributed by atoms with Crippen molar-refractivity contribution in [3.8, 4) is 0 Å². The minimum atomic E-state index is 0.869. The van der Waals surface area contributed by atoms with Gasteiger partial charge in [-0.3, -0.25) is 0 Å². The van der Waals surface area contributed by atoms with E-state index in [0.29, 0.717) is 0 Å². The van der Waals surface area contributed by atoms with Gasteiger partial charge in [0, 0.05) is 25.8 Å². The third kappa shape index (κ3) is 1.93. The van der Waals surface area contributed by atoms with Gasteiger partial charge < -0.3 is 9.47 Å². The van der Waals surface area contributed by atoms with E-state index in [4.69, 9.17) is 0 Å². The molecule has 0 bridgehead atoms. The number of pyridine rings is 1. The number of hydrogen-bond donors (Lipinski definition) is 0. The van der Waals surface area contributed by atoms with Crippen molar-refractivity contribution in [3.05, 3.63) is 36.8 Å². The van der Waals surface area contributed by atoms with Gasteiger partial charge in [0.2, 0.25) is 0 Å². The highest BCUT2D eigenvalue weighted by Gasteiger charge is 2.10. The van der Waals surface area contributed by atoms with E-state index >= 15 is 0 Å². The van der Waals surface area contributed by atoms with Gasteiger partial charge in [0.15, 0.2) is 0 Å². The quantitative estimate of drug-likeness (QED) is 0.569. The Balaban J connectivity index is 1.80. The molecule has 0 saturated heterocycles. The Bertz CT molecular complexity index is 941. The summed E-state index contributed by atoms with van der Waals surface area (Å²) < 4.78 is 10.5. The van der Waals surface area contributed by atoms with Gasteiger partial charge in [0.25, 0.3) is 0 Å². The van der Waals surface area contributed by atoms with E-state index in [9.17, 15) is 0 Å². The number of hydrogen-bond acceptors (Lipinski definition) is 6. The number of rotatable bonds is 2. The molecule has 0 radical (unpaired) electrons. The van der Waals surface area contributed by atoms with E-state index in [1.165, 1.54) is 11.7 Å². The summed E-state index contributed by atoms with van der Waals surface area (Å²) in [5, 5.41) is 0. The average Bonchev–Trinajstić information content (AvgIpc) is 3.12. The molecule has 0 N–H and O–H groups in total. The lowest BCUT2D eigenvalue weighted by Gasteiger charge is -2.18. The lowest BCUT2D eigenvalue weighted by Crippen LogP contribution is -2.11. The van der Waals surface area contributed by atoms with Crippen LogP contribution in [-0.4, -0.2) is 30.3 Å². The van der Waals surface area contributed by atoms with Gasteiger partial charge >= 0.3 is 0 Å². The fraction of sp³-hybridized carbons (Fsp3) is 0.143. The third-order valence-corrected chi connectivity index (χ3v) is 4.12. The first kappa shape index (κ1) is 12.2. The first-order valence-corrected chi connectivity index (χ1v) is 7.18. The Labute approximate surface area is 125 Å². The van der Waals surface area contributed by atoms with Crippen molar-refractivity contribution < 1.29 is 0 Å². The van der Waals surface area contributed by atoms with E-state index in [-0.39, 0.29) is 0 Å². The van der Waals surface area contributed by atoms with E-state index < -0.39 is 0 Å². The maximum Gasteiger partial charge on any atom is 0.134 e. The maximum absolute atomic E-state index is 4.48. The molecular formula is C14H12N6S. The van der Waals surface area contributed by atoms with E-state index in [0.717, 1.165) is 33.6 Å². The Morgan fingerprint density at radius 3 is 2.81 bits per heavy atom. The number of fused-ring (bicyclic) bond motifs is 2. The third-order valence-electron chi connectivity index (χ3n) is 3.57. The molecule has 4 aromatic rings. The molecule has 0 aliphatic carbocycles. The van der Waals surface area contributed by atoms with Crippen molar-refractivity contribution in [1.29, 1.82) is 0 Å². The van der Waals surface area contributed by atoms with E-state index in [2.05, 4.69) is 18.7 Å². The Morgan fingerprint density at radius 1 is 1.05 bits per heavy atom. The zero-order chi connectivity index (χ0) is 14.4. The standard InChI is InChI=1S/C14H12N6S/c1-19-8-16-12-7-15-14(6-13(12)19)20(2)9-3-4-10-11(5-9)18-21-17-10/h3-8H,1-2H3. The summed E-state index contributed by atoms with van der Waals surface area (Å²) in [5.74, 6) is 0.869. The Hall–Kier alpha value is -2.54. The number of imidazole rings is 1. The van der Waals surface area contributed by atoms with Crippen LogP contribution in [0.25, 0.3) is 22.1 Å². The minimum Gasteiger partial charge on any atom is -0.334 e. The summed E-state index contributed by atoms with van der Waals surface area (Å²) in [4.78, 5) is 10.8. The molecule has 3 aromatic heterocycles. The van der Waals surface area contributed by atoms with Crippen molar-refractivity contribution in [2.24, 2.45) is 7.05 Å². The van der Waals surface area contributed by atoms with Gasteiger partial charge in [-0.1, -0.05) is 0 Å². The maximum atomic E-state index is 4.48. The van der Waals surface area contributed by atoms with Gasteiger partial charge in [-0.05, 0) is 18.2 Å². The predicted molar refractivity (Wildman–Crippen MR) is 84.0 cm³/mol. The van der Waals surface area contributed by atoms with Gasteiger partial charge in [-0.15, -0.1) is 0 Å². The molecule has 0 atom stereocenters. The molecule has 1 aromatic carbocycles. The lowest BCUT2D eigenvalue weighted by molar-refractivity contribution is 0.946. The first-order chi connectivity index (χ1) is 10.2. The highest BCUT2D eigenvalue weighted by molar-refractivity contribution is 7.00. The van der Waals surface area contributed by atoms with Crippen LogP contribution in [0.2, 0.25) is 0 Å². The normalized spacial score (nSPS) is 11.3. The number of anilines is 2. The number of aryl methyl sites for hydroxylation is 1. The average molecular weight is 296 g/mol. The van der Waals surface area contributed by atoms with Crippen LogP contribution in [0.1, 0.15) is 0 Å². The van der Waals surface area contributed by atoms with Crippen molar-refractivity contribution in [3.63, 3.8) is 0 Å². The van der Waals surface area contributed by atoms with Crippen LogP contribution in [0.5, 0.6) is 0 Å². The second kappa shape index (κ2) is 4.49. The molecule has 0 aliphatic rings. The Kier molecular flexibility index (Phi) is 2.61. The van der Waals surface area contributed by atoms with Gasteiger partial charge in [0.1, 0.15) is 22.4 Å². The monoisotopic (exact) mass is 296 g/mol. The van der Waals surface area contributed by atoms with Crippen LogP contribution >= 0.6 is 11.7 Å².